The highest BCUT2D eigenvalue weighted by molar-refractivity contribution is 5.86. The summed E-state index contributed by atoms with van der Waals surface area (Å²) in [4.78, 5) is 23.4. The molecule has 2 rings (SSSR count). The first-order chi connectivity index (χ1) is 11.2. The number of hydrogen-bond donors (Lipinski definition) is 2. The van der Waals surface area contributed by atoms with Gasteiger partial charge in [0.15, 0.2) is 0 Å². The van der Waals surface area contributed by atoms with Crippen molar-refractivity contribution in [2.75, 3.05) is 6.61 Å². The average Bonchev–Trinajstić information content (AvgIpc) is 2.81. The molecule has 0 aliphatic heterocycles. The van der Waals surface area contributed by atoms with Gasteiger partial charge in [0.2, 0.25) is 0 Å². The molecule has 24 heavy (non-hydrogen) atoms. The number of nitrogens with zero attached hydrogens (tertiary/aromatic N) is 1. The van der Waals surface area contributed by atoms with Gasteiger partial charge >= 0.3 is 12.1 Å². The number of rotatable bonds is 5. The Labute approximate surface area is 141 Å². The molecule has 0 saturated carbocycles. The minimum absolute atomic E-state index is 0.175. The van der Waals surface area contributed by atoms with Crippen LogP contribution in [0.1, 0.15) is 26.3 Å². The van der Waals surface area contributed by atoms with Crippen LogP contribution >= 0.6 is 0 Å². The minimum Gasteiger partial charge on any atom is -0.480 e. The van der Waals surface area contributed by atoms with E-state index in [1.807, 2.05) is 62.8 Å². The number of aromatic nitrogens is 1. The van der Waals surface area contributed by atoms with E-state index in [-0.39, 0.29) is 18.4 Å². The van der Waals surface area contributed by atoms with Gasteiger partial charge < -0.3 is 19.7 Å². The summed E-state index contributed by atoms with van der Waals surface area (Å²) in [5, 5.41) is 12.8. The molecule has 0 aliphatic rings. The number of carboxylic acid groups (broad SMARTS) is 1. The molecular weight excluding hydrogens is 308 g/mol. The van der Waals surface area contributed by atoms with E-state index in [0.29, 0.717) is 0 Å². The van der Waals surface area contributed by atoms with Gasteiger partial charge in [-0.2, -0.15) is 0 Å². The van der Waals surface area contributed by atoms with Gasteiger partial charge in [0.1, 0.15) is 6.04 Å². The van der Waals surface area contributed by atoms with E-state index in [1.165, 1.54) is 0 Å². The number of para-hydroxylation sites is 1. The maximum Gasteiger partial charge on any atom is 0.407 e. The predicted octanol–water partition coefficient (Wildman–Crippen LogP) is 2.95. The van der Waals surface area contributed by atoms with Crippen LogP contribution in [-0.4, -0.2) is 34.4 Å². The molecule has 0 aliphatic carbocycles. The van der Waals surface area contributed by atoms with Crippen molar-refractivity contribution in [2.45, 2.75) is 33.2 Å². The maximum absolute atomic E-state index is 11.9. The summed E-state index contributed by atoms with van der Waals surface area (Å²) in [5.74, 6) is -1.09. The third-order valence-corrected chi connectivity index (χ3v) is 3.63. The summed E-state index contributed by atoms with van der Waals surface area (Å²) in [7, 11) is 1.91. The standard InChI is InChI=1S/C18H24N2O4/c1-18(2,3)11-24-17(23)19-14(16(21)22)9-12-10-20(4)15-8-6-5-7-13(12)15/h5-8,10,14H,9,11H2,1-4H3,(H,19,23)(H,21,22). The second kappa shape index (κ2) is 6.95. The monoisotopic (exact) mass is 332 g/mol. The summed E-state index contributed by atoms with van der Waals surface area (Å²) in [6.07, 6.45) is 1.38. The molecule has 0 spiro atoms. The highest BCUT2D eigenvalue weighted by atomic mass is 16.5. The summed E-state index contributed by atoms with van der Waals surface area (Å²) in [5.41, 5.74) is 1.72. The predicted molar refractivity (Wildman–Crippen MR) is 92.0 cm³/mol. The molecule has 0 bridgehead atoms. The molecule has 2 N–H and O–H groups in total. The van der Waals surface area contributed by atoms with Gasteiger partial charge in [-0.05, 0) is 17.0 Å². The fourth-order valence-electron chi connectivity index (χ4n) is 2.47. The second-order valence-corrected chi connectivity index (χ2v) is 7.16. The van der Waals surface area contributed by atoms with Crippen LogP contribution in [0.2, 0.25) is 0 Å². The molecule has 1 unspecified atom stereocenters. The van der Waals surface area contributed by atoms with E-state index >= 15 is 0 Å². The third-order valence-electron chi connectivity index (χ3n) is 3.63. The number of benzene rings is 1. The van der Waals surface area contributed by atoms with E-state index in [4.69, 9.17) is 4.74 Å². The second-order valence-electron chi connectivity index (χ2n) is 7.16. The summed E-state index contributed by atoms with van der Waals surface area (Å²) in [6, 6.07) is 6.72. The van der Waals surface area contributed by atoms with Crippen LogP contribution in [0.25, 0.3) is 10.9 Å². The molecule has 1 amide bonds. The van der Waals surface area contributed by atoms with Crippen LogP contribution in [0.5, 0.6) is 0 Å². The third kappa shape index (κ3) is 4.50. The number of carbonyl (C=O) groups excluding carboxylic acids is 1. The lowest BCUT2D eigenvalue weighted by atomic mass is 9.99. The Morgan fingerprint density at radius 2 is 1.96 bits per heavy atom. The smallest absolute Gasteiger partial charge is 0.407 e. The molecule has 1 aromatic heterocycles. The van der Waals surface area contributed by atoms with Crippen molar-refractivity contribution in [3.8, 4) is 0 Å². The Kier molecular flexibility index (Phi) is 5.17. The van der Waals surface area contributed by atoms with E-state index in [0.717, 1.165) is 16.5 Å². The zero-order valence-corrected chi connectivity index (χ0v) is 14.5. The van der Waals surface area contributed by atoms with Gasteiger partial charge in [-0.25, -0.2) is 9.59 Å². The van der Waals surface area contributed by atoms with Crippen LogP contribution < -0.4 is 5.32 Å². The van der Waals surface area contributed by atoms with Crippen LogP contribution in [-0.2, 0) is 23.0 Å². The number of amides is 1. The van der Waals surface area contributed by atoms with Crippen molar-refractivity contribution in [3.63, 3.8) is 0 Å². The number of nitrogens with one attached hydrogen (secondary N) is 1. The topological polar surface area (TPSA) is 80.6 Å². The number of fused-ring (bicyclic) bond motifs is 1. The first kappa shape index (κ1) is 17.8. The van der Waals surface area contributed by atoms with Gasteiger partial charge in [0.05, 0.1) is 6.61 Å². The SMILES string of the molecule is Cn1cc(CC(NC(=O)OCC(C)(C)C)C(=O)O)c2ccccc21. The number of ether oxygens (including phenoxy) is 1. The maximum atomic E-state index is 11.9. The van der Waals surface area contributed by atoms with E-state index in [2.05, 4.69) is 5.32 Å². The molecule has 1 heterocycles. The van der Waals surface area contributed by atoms with Gasteiger partial charge in [-0.3, -0.25) is 0 Å². The highest BCUT2D eigenvalue weighted by Crippen LogP contribution is 2.21. The lowest BCUT2D eigenvalue weighted by molar-refractivity contribution is -0.139. The number of alkyl carbamates (subject to hydrolysis) is 1. The van der Waals surface area contributed by atoms with E-state index < -0.39 is 18.1 Å². The number of carbonyl (C=O) groups is 2. The van der Waals surface area contributed by atoms with Crippen molar-refractivity contribution in [1.82, 2.24) is 9.88 Å². The summed E-state index contributed by atoms with van der Waals surface area (Å²) >= 11 is 0. The number of hydrogen-bond acceptors (Lipinski definition) is 3. The highest BCUT2D eigenvalue weighted by Gasteiger charge is 2.24. The number of aryl methyl sites for hydroxylation is 1. The molecule has 2 aromatic rings. The Hall–Kier alpha value is -2.50. The molecule has 6 nitrogen and oxygen atoms in total. The van der Waals surface area contributed by atoms with Crippen molar-refractivity contribution < 1.29 is 19.4 Å². The largest absolute Gasteiger partial charge is 0.480 e. The van der Waals surface area contributed by atoms with Crippen LogP contribution in [0.3, 0.4) is 0 Å². The molecule has 6 heteroatoms. The molecule has 0 saturated heterocycles. The number of aliphatic carboxylic acids is 1. The molecule has 0 radical (unpaired) electrons. The Morgan fingerprint density at radius 1 is 1.29 bits per heavy atom. The van der Waals surface area contributed by atoms with Crippen molar-refractivity contribution >= 4 is 23.0 Å². The lowest BCUT2D eigenvalue weighted by Gasteiger charge is -2.19. The van der Waals surface area contributed by atoms with Crippen LogP contribution in [0.4, 0.5) is 4.79 Å². The number of carboxylic acids is 1. The van der Waals surface area contributed by atoms with E-state index in [1.54, 1.807) is 0 Å². The van der Waals surface area contributed by atoms with Crippen molar-refractivity contribution in [3.05, 3.63) is 36.0 Å². The quantitative estimate of drug-likeness (QED) is 0.882. The normalized spacial score (nSPS) is 12.8. The first-order valence-corrected chi connectivity index (χ1v) is 7.86. The van der Waals surface area contributed by atoms with Crippen molar-refractivity contribution in [1.29, 1.82) is 0 Å². The average molecular weight is 332 g/mol. The zero-order valence-electron chi connectivity index (χ0n) is 14.5. The summed E-state index contributed by atoms with van der Waals surface area (Å²) in [6.45, 7) is 6.03. The zero-order chi connectivity index (χ0) is 17.9. The Balaban J connectivity index is 2.11. The van der Waals surface area contributed by atoms with Crippen molar-refractivity contribution in [2.24, 2.45) is 12.5 Å². The van der Waals surface area contributed by atoms with Gasteiger partial charge in [0.25, 0.3) is 0 Å². The Bertz CT molecular complexity index is 743. The Morgan fingerprint density at radius 3 is 2.58 bits per heavy atom. The molecule has 130 valence electrons. The minimum atomic E-state index is -1.09. The molecular formula is C18H24N2O4. The molecule has 1 atom stereocenters. The fraction of sp³-hybridized carbons (Fsp3) is 0.444. The van der Waals surface area contributed by atoms with Gasteiger partial charge in [-0.15, -0.1) is 0 Å². The first-order valence-electron chi connectivity index (χ1n) is 7.86. The molecule has 0 fully saturated rings. The van der Waals surface area contributed by atoms with Crippen LogP contribution in [0.15, 0.2) is 30.5 Å². The fourth-order valence-corrected chi connectivity index (χ4v) is 2.47. The lowest BCUT2D eigenvalue weighted by Crippen LogP contribution is -2.43. The molecule has 1 aromatic carbocycles. The van der Waals surface area contributed by atoms with Gasteiger partial charge in [-0.1, -0.05) is 39.0 Å². The van der Waals surface area contributed by atoms with E-state index in [9.17, 15) is 14.7 Å². The van der Waals surface area contributed by atoms with Gasteiger partial charge in [0, 0.05) is 30.6 Å². The summed E-state index contributed by atoms with van der Waals surface area (Å²) < 4.78 is 7.04. The van der Waals surface area contributed by atoms with Crippen LogP contribution in [0, 0.1) is 5.41 Å².